The summed E-state index contributed by atoms with van der Waals surface area (Å²) in [6, 6.07) is 3.82. The molecule has 0 saturated carbocycles. The van der Waals surface area contributed by atoms with E-state index in [9.17, 15) is 4.79 Å². The van der Waals surface area contributed by atoms with Crippen molar-refractivity contribution < 1.29 is 0 Å². The molecule has 0 amide bonds. The van der Waals surface area contributed by atoms with Crippen molar-refractivity contribution in [2.24, 2.45) is 0 Å². The van der Waals surface area contributed by atoms with Crippen molar-refractivity contribution in [2.45, 2.75) is 13.8 Å². The predicted molar refractivity (Wildman–Crippen MR) is 58.3 cm³/mol. The van der Waals surface area contributed by atoms with Crippen molar-refractivity contribution in [1.82, 2.24) is 14.4 Å². The maximum Gasteiger partial charge on any atom is 0.356 e. The van der Waals surface area contributed by atoms with Crippen LogP contribution in [-0.2, 0) is 0 Å². The first kappa shape index (κ1) is 9.64. The molecule has 0 fully saturated rings. The molecule has 15 heavy (non-hydrogen) atoms. The zero-order chi connectivity index (χ0) is 11.0. The second-order valence-electron chi connectivity index (χ2n) is 3.40. The number of hydrogen-bond acceptors (Lipinski definition) is 4. The van der Waals surface area contributed by atoms with Gasteiger partial charge in [0.2, 0.25) is 5.95 Å². The lowest BCUT2D eigenvalue weighted by atomic mass is 10.2. The number of nitrogens with one attached hydrogen (secondary N) is 1. The standard InChI is InChI=1S/C10H12N4O/c1-6-4-5-7(2)14-8(6)12-9(11-3)13-10(14)15/h4-5H,1-3H3,(H,11,13,15). The normalized spacial score (nSPS) is 10.6. The summed E-state index contributed by atoms with van der Waals surface area (Å²) in [4.78, 5) is 19.8. The van der Waals surface area contributed by atoms with Gasteiger partial charge in [-0.3, -0.25) is 0 Å². The molecule has 2 rings (SSSR count). The number of rotatable bonds is 1. The molecule has 5 heteroatoms. The second-order valence-corrected chi connectivity index (χ2v) is 3.40. The lowest BCUT2D eigenvalue weighted by molar-refractivity contribution is 0.905. The van der Waals surface area contributed by atoms with E-state index < -0.39 is 0 Å². The van der Waals surface area contributed by atoms with Gasteiger partial charge < -0.3 is 5.32 Å². The second kappa shape index (κ2) is 3.34. The van der Waals surface area contributed by atoms with Crippen LogP contribution in [0.2, 0.25) is 0 Å². The Morgan fingerprint density at radius 1 is 1.27 bits per heavy atom. The average molecular weight is 204 g/mol. The lowest BCUT2D eigenvalue weighted by Crippen LogP contribution is -2.22. The smallest absolute Gasteiger partial charge is 0.356 e. The van der Waals surface area contributed by atoms with E-state index >= 15 is 0 Å². The molecular formula is C10H12N4O. The van der Waals surface area contributed by atoms with Crippen molar-refractivity contribution in [2.75, 3.05) is 12.4 Å². The van der Waals surface area contributed by atoms with Gasteiger partial charge in [-0.05, 0) is 25.5 Å². The van der Waals surface area contributed by atoms with Crippen LogP contribution in [0.1, 0.15) is 11.3 Å². The predicted octanol–water partition coefficient (Wildman–Crippen LogP) is 0.748. The van der Waals surface area contributed by atoms with Gasteiger partial charge in [0.15, 0.2) is 0 Å². The summed E-state index contributed by atoms with van der Waals surface area (Å²) >= 11 is 0. The van der Waals surface area contributed by atoms with Crippen LogP contribution in [0.25, 0.3) is 5.65 Å². The summed E-state index contributed by atoms with van der Waals surface area (Å²) in [5.41, 5.74) is 2.14. The van der Waals surface area contributed by atoms with E-state index in [1.165, 1.54) is 4.40 Å². The third-order valence-electron chi connectivity index (χ3n) is 2.32. The summed E-state index contributed by atoms with van der Waals surface area (Å²) in [5.74, 6) is 0.355. The highest BCUT2D eigenvalue weighted by Crippen LogP contribution is 2.08. The zero-order valence-corrected chi connectivity index (χ0v) is 8.90. The third-order valence-corrected chi connectivity index (χ3v) is 2.32. The minimum absolute atomic E-state index is 0.300. The number of hydrogen-bond donors (Lipinski definition) is 1. The van der Waals surface area contributed by atoms with Crippen LogP contribution in [0.3, 0.4) is 0 Å². The van der Waals surface area contributed by atoms with Gasteiger partial charge in [0.1, 0.15) is 5.65 Å². The quantitative estimate of drug-likeness (QED) is 0.744. The molecule has 2 heterocycles. The fourth-order valence-electron chi connectivity index (χ4n) is 1.50. The summed E-state index contributed by atoms with van der Waals surface area (Å²) in [5, 5.41) is 2.77. The average Bonchev–Trinajstić information content (AvgIpc) is 2.23. The van der Waals surface area contributed by atoms with Crippen LogP contribution in [0.15, 0.2) is 16.9 Å². The first-order chi connectivity index (χ1) is 7.13. The van der Waals surface area contributed by atoms with Crippen LogP contribution in [0.5, 0.6) is 0 Å². The van der Waals surface area contributed by atoms with Crippen LogP contribution < -0.4 is 11.0 Å². The zero-order valence-electron chi connectivity index (χ0n) is 8.90. The Kier molecular flexibility index (Phi) is 2.15. The van der Waals surface area contributed by atoms with Gasteiger partial charge in [-0.1, -0.05) is 6.07 Å². The van der Waals surface area contributed by atoms with E-state index in [-0.39, 0.29) is 5.69 Å². The number of aromatic nitrogens is 3. The van der Waals surface area contributed by atoms with Crippen molar-refractivity contribution in [3.63, 3.8) is 0 Å². The first-order valence-corrected chi connectivity index (χ1v) is 4.68. The molecule has 0 radical (unpaired) electrons. The van der Waals surface area contributed by atoms with E-state index in [2.05, 4.69) is 15.3 Å². The first-order valence-electron chi connectivity index (χ1n) is 4.68. The molecule has 0 aliphatic heterocycles. The Hall–Kier alpha value is -1.91. The Balaban J connectivity index is 2.97. The maximum atomic E-state index is 11.7. The van der Waals surface area contributed by atoms with E-state index in [1.54, 1.807) is 7.05 Å². The van der Waals surface area contributed by atoms with E-state index in [1.807, 2.05) is 26.0 Å². The number of fused-ring (bicyclic) bond motifs is 1. The molecule has 0 atom stereocenters. The maximum absolute atomic E-state index is 11.7. The Bertz CT molecular complexity index is 573. The summed E-state index contributed by atoms with van der Waals surface area (Å²) in [7, 11) is 1.69. The van der Waals surface area contributed by atoms with Crippen LogP contribution in [0, 0.1) is 13.8 Å². The van der Waals surface area contributed by atoms with Crippen LogP contribution >= 0.6 is 0 Å². The van der Waals surface area contributed by atoms with Crippen LogP contribution in [0.4, 0.5) is 5.95 Å². The minimum atomic E-state index is -0.300. The monoisotopic (exact) mass is 204 g/mol. The Morgan fingerprint density at radius 3 is 2.67 bits per heavy atom. The van der Waals surface area contributed by atoms with E-state index in [4.69, 9.17) is 0 Å². The summed E-state index contributed by atoms with van der Waals surface area (Å²) < 4.78 is 1.51. The highest BCUT2D eigenvalue weighted by molar-refractivity contribution is 5.50. The Labute approximate surface area is 86.8 Å². The van der Waals surface area contributed by atoms with E-state index in [0.29, 0.717) is 11.6 Å². The molecule has 78 valence electrons. The van der Waals surface area contributed by atoms with Crippen molar-refractivity contribution in [1.29, 1.82) is 0 Å². The topological polar surface area (TPSA) is 59.3 Å². The molecule has 5 nitrogen and oxygen atoms in total. The van der Waals surface area contributed by atoms with Gasteiger partial charge in [0.25, 0.3) is 0 Å². The molecular weight excluding hydrogens is 192 g/mol. The minimum Gasteiger partial charge on any atom is -0.357 e. The van der Waals surface area contributed by atoms with Crippen molar-refractivity contribution >= 4 is 11.6 Å². The third kappa shape index (κ3) is 1.45. The highest BCUT2D eigenvalue weighted by atomic mass is 16.1. The molecule has 0 aliphatic rings. The number of anilines is 1. The van der Waals surface area contributed by atoms with Crippen LogP contribution in [-0.4, -0.2) is 21.4 Å². The molecule has 2 aromatic heterocycles. The highest BCUT2D eigenvalue weighted by Gasteiger charge is 2.06. The molecule has 1 N–H and O–H groups in total. The van der Waals surface area contributed by atoms with Gasteiger partial charge in [-0.2, -0.15) is 9.97 Å². The number of pyridine rings is 1. The molecule has 0 saturated heterocycles. The van der Waals surface area contributed by atoms with Gasteiger partial charge >= 0.3 is 5.69 Å². The van der Waals surface area contributed by atoms with Gasteiger partial charge in [0.05, 0.1) is 0 Å². The SMILES string of the molecule is CNc1nc(=O)n2c(C)ccc(C)c2n1. The summed E-state index contributed by atoms with van der Waals surface area (Å²) in [6.45, 7) is 3.77. The molecule has 0 bridgehead atoms. The van der Waals surface area contributed by atoms with Crippen molar-refractivity contribution in [3.05, 3.63) is 33.9 Å². The lowest BCUT2D eigenvalue weighted by Gasteiger charge is -2.07. The van der Waals surface area contributed by atoms with Gasteiger partial charge in [0, 0.05) is 12.7 Å². The summed E-state index contributed by atoms with van der Waals surface area (Å²) in [6.07, 6.45) is 0. The molecule has 2 aromatic rings. The largest absolute Gasteiger partial charge is 0.357 e. The fraction of sp³-hybridized carbons (Fsp3) is 0.300. The molecule has 0 aliphatic carbocycles. The molecule has 0 aromatic carbocycles. The number of nitrogens with zero attached hydrogens (tertiary/aromatic N) is 3. The molecule has 0 unspecified atom stereocenters. The van der Waals surface area contributed by atoms with Crippen molar-refractivity contribution in [3.8, 4) is 0 Å². The van der Waals surface area contributed by atoms with E-state index in [0.717, 1.165) is 11.3 Å². The number of aryl methyl sites for hydroxylation is 2. The fourth-order valence-corrected chi connectivity index (χ4v) is 1.50. The van der Waals surface area contributed by atoms with Gasteiger partial charge in [-0.15, -0.1) is 0 Å². The Morgan fingerprint density at radius 2 is 2.00 bits per heavy atom. The molecule has 0 spiro atoms. The van der Waals surface area contributed by atoms with Gasteiger partial charge in [-0.25, -0.2) is 9.20 Å².